The molecule has 1 aromatic carbocycles. The van der Waals surface area contributed by atoms with Crippen molar-refractivity contribution in [2.24, 2.45) is 0 Å². The van der Waals surface area contributed by atoms with Gasteiger partial charge in [0, 0.05) is 19.1 Å². The predicted octanol–water partition coefficient (Wildman–Crippen LogP) is 2.14. The fraction of sp³-hybridized carbons (Fsp3) is 0.600. The van der Waals surface area contributed by atoms with Crippen molar-refractivity contribution in [2.75, 3.05) is 32.8 Å². The molecular formula is C15H24N2O. The Morgan fingerprint density at radius 1 is 1.33 bits per heavy atom. The van der Waals surface area contributed by atoms with Gasteiger partial charge in [-0.1, -0.05) is 25.1 Å². The Morgan fingerprint density at radius 3 is 2.94 bits per heavy atom. The molecule has 3 nitrogen and oxygen atoms in total. The summed E-state index contributed by atoms with van der Waals surface area (Å²) >= 11 is 0. The molecule has 0 spiro atoms. The molecule has 1 unspecified atom stereocenters. The van der Waals surface area contributed by atoms with Crippen LogP contribution in [0.1, 0.15) is 19.8 Å². The van der Waals surface area contributed by atoms with Gasteiger partial charge in [-0.25, -0.2) is 0 Å². The van der Waals surface area contributed by atoms with Gasteiger partial charge in [-0.05, 0) is 38.1 Å². The molecular weight excluding hydrogens is 224 g/mol. The van der Waals surface area contributed by atoms with E-state index in [0.717, 1.165) is 32.0 Å². The van der Waals surface area contributed by atoms with E-state index in [9.17, 15) is 0 Å². The summed E-state index contributed by atoms with van der Waals surface area (Å²) in [6, 6.07) is 10.7. The Balaban J connectivity index is 1.72. The monoisotopic (exact) mass is 248 g/mol. The van der Waals surface area contributed by atoms with Crippen LogP contribution < -0.4 is 10.1 Å². The van der Waals surface area contributed by atoms with Crippen LogP contribution in [0, 0.1) is 0 Å². The number of hydrogen-bond donors (Lipinski definition) is 1. The van der Waals surface area contributed by atoms with E-state index >= 15 is 0 Å². The molecule has 1 atom stereocenters. The molecule has 1 heterocycles. The van der Waals surface area contributed by atoms with E-state index in [2.05, 4.69) is 17.1 Å². The molecule has 2 rings (SSSR count). The molecule has 0 amide bonds. The van der Waals surface area contributed by atoms with Gasteiger partial charge in [0.15, 0.2) is 0 Å². The molecule has 0 radical (unpaired) electrons. The summed E-state index contributed by atoms with van der Waals surface area (Å²) in [4.78, 5) is 2.51. The zero-order valence-electron chi connectivity index (χ0n) is 11.3. The Kier molecular flexibility index (Phi) is 5.49. The highest BCUT2D eigenvalue weighted by molar-refractivity contribution is 5.20. The lowest BCUT2D eigenvalue weighted by Crippen LogP contribution is -2.38. The minimum absolute atomic E-state index is 0.643. The van der Waals surface area contributed by atoms with Crippen LogP contribution in [0.3, 0.4) is 0 Å². The van der Waals surface area contributed by atoms with Gasteiger partial charge in [-0.15, -0.1) is 0 Å². The van der Waals surface area contributed by atoms with E-state index in [1.54, 1.807) is 0 Å². The van der Waals surface area contributed by atoms with Crippen molar-refractivity contribution in [1.82, 2.24) is 10.2 Å². The van der Waals surface area contributed by atoms with Crippen molar-refractivity contribution in [3.63, 3.8) is 0 Å². The second-order valence-electron chi connectivity index (χ2n) is 4.87. The maximum Gasteiger partial charge on any atom is 0.119 e. The number of para-hydroxylation sites is 1. The van der Waals surface area contributed by atoms with Crippen LogP contribution in [0.25, 0.3) is 0 Å². The SMILES string of the molecule is CCC1CN(CCOc2ccccc2)CCCN1. The molecule has 18 heavy (non-hydrogen) atoms. The van der Waals surface area contributed by atoms with E-state index in [1.807, 2.05) is 30.3 Å². The third-order valence-electron chi connectivity index (χ3n) is 3.47. The van der Waals surface area contributed by atoms with Gasteiger partial charge >= 0.3 is 0 Å². The summed E-state index contributed by atoms with van der Waals surface area (Å²) in [5.74, 6) is 0.970. The standard InChI is InChI=1S/C15H24N2O/c1-2-14-13-17(10-6-9-16-14)11-12-18-15-7-4-3-5-8-15/h3-5,7-8,14,16H,2,6,9-13H2,1H3. The first kappa shape index (κ1) is 13.4. The summed E-state index contributed by atoms with van der Waals surface area (Å²) < 4.78 is 5.76. The lowest BCUT2D eigenvalue weighted by atomic mass is 10.2. The Bertz CT molecular complexity index is 329. The topological polar surface area (TPSA) is 24.5 Å². The Hall–Kier alpha value is -1.06. The molecule has 0 aliphatic carbocycles. The minimum atomic E-state index is 0.643. The first-order chi connectivity index (χ1) is 8.88. The average molecular weight is 248 g/mol. The molecule has 1 aliphatic rings. The molecule has 3 heteroatoms. The van der Waals surface area contributed by atoms with Gasteiger partial charge in [0.2, 0.25) is 0 Å². The van der Waals surface area contributed by atoms with Crippen LogP contribution >= 0.6 is 0 Å². The third kappa shape index (κ3) is 4.31. The van der Waals surface area contributed by atoms with Crippen LogP contribution in [0.2, 0.25) is 0 Å². The minimum Gasteiger partial charge on any atom is -0.492 e. The molecule has 0 aromatic heterocycles. The van der Waals surface area contributed by atoms with Gasteiger partial charge in [-0.2, -0.15) is 0 Å². The molecule has 1 aliphatic heterocycles. The summed E-state index contributed by atoms with van der Waals surface area (Å²) in [7, 11) is 0. The van der Waals surface area contributed by atoms with Crippen molar-refractivity contribution >= 4 is 0 Å². The average Bonchev–Trinajstić information content (AvgIpc) is 2.65. The quantitative estimate of drug-likeness (QED) is 0.864. The number of ether oxygens (including phenoxy) is 1. The zero-order chi connectivity index (χ0) is 12.6. The molecule has 1 saturated heterocycles. The van der Waals surface area contributed by atoms with Gasteiger partial charge in [0.05, 0.1) is 0 Å². The molecule has 1 N–H and O–H groups in total. The number of nitrogens with zero attached hydrogens (tertiary/aromatic N) is 1. The van der Waals surface area contributed by atoms with E-state index in [-0.39, 0.29) is 0 Å². The smallest absolute Gasteiger partial charge is 0.119 e. The van der Waals surface area contributed by atoms with Crippen LogP contribution in [0.4, 0.5) is 0 Å². The van der Waals surface area contributed by atoms with E-state index < -0.39 is 0 Å². The van der Waals surface area contributed by atoms with Crippen molar-refractivity contribution in [3.05, 3.63) is 30.3 Å². The van der Waals surface area contributed by atoms with Crippen molar-refractivity contribution in [1.29, 1.82) is 0 Å². The number of rotatable bonds is 5. The number of hydrogen-bond acceptors (Lipinski definition) is 3. The van der Waals surface area contributed by atoms with Crippen molar-refractivity contribution < 1.29 is 4.74 Å². The summed E-state index contributed by atoms with van der Waals surface area (Å²) in [5.41, 5.74) is 0. The second kappa shape index (κ2) is 7.39. The van der Waals surface area contributed by atoms with Gasteiger partial charge in [-0.3, -0.25) is 4.90 Å². The fourth-order valence-corrected chi connectivity index (χ4v) is 2.36. The van der Waals surface area contributed by atoms with E-state index in [0.29, 0.717) is 6.04 Å². The number of nitrogens with one attached hydrogen (secondary N) is 1. The van der Waals surface area contributed by atoms with Crippen molar-refractivity contribution in [2.45, 2.75) is 25.8 Å². The molecule has 100 valence electrons. The van der Waals surface area contributed by atoms with E-state index in [1.165, 1.54) is 19.4 Å². The Morgan fingerprint density at radius 2 is 2.17 bits per heavy atom. The maximum atomic E-state index is 5.76. The predicted molar refractivity (Wildman–Crippen MR) is 75.1 cm³/mol. The normalized spacial score (nSPS) is 21.5. The third-order valence-corrected chi connectivity index (χ3v) is 3.47. The van der Waals surface area contributed by atoms with E-state index in [4.69, 9.17) is 4.74 Å². The molecule has 1 aromatic rings. The maximum absolute atomic E-state index is 5.76. The summed E-state index contributed by atoms with van der Waals surface area (Å²) in [5, 5.41) is 3.59. The highest BCUT2D eigenvalue weighted by atomic mass is 16.5. The number of benzene rings is 1. The van der Waals surface area contributed by atoms with Crippen molar-refractivity contribution in [3.8, 4) is 5.75 Å². The molecule has 1 fully saturated rings. The largest absolute Gasteiger partial charge is 0.492 e. The highest BCUT2D eigenvalue weighted by Crippen LogP contribution is 2.09. The molecule has 0 bridgehead atoms. The highest BCUT2D eigenvalue weighted by Gasteiger charge is 2.15. The fourth-order valence-electron chi connectivity index (χ4n) is 2.36. The zero-order valence-corrected chi connectivity index (χ0v) is 11.3. The lowest BCUT2D eigenvalue weighted by Gasteiger charge is -2.23. The first-order valence-electron chi connectivity index (χ1n) is 7.02. The second-order valence-corrected chi connectivity index (χ2v) is 4.87. The van der Waals surface area contributed by atoms with Crippen LogP contribution in [-0.2, 0) is 0 Å². The van der Waals surface area contributed by atoms with Crippen LogP contribution in [-0.4, -0.2) is 43.7 Å². The summed E-state index contributed by atoms with van der Waals surface area (Å²) in [6.45, 7) is 7.53. The van der Waals surface area contributed by atoms with Crippen LogP contribution in [0.5, 0.6) is 5.75 Å². The summed E-state index contributed by atoms with van der Waals surface area (Å²) in [6.07, 6.45) is 2.44. The first-order valence-corrected chi connectivity index (χ1v) is 7.02. The van der Waals surface area contributed by atoms with Gasteiger partial charge < -0.3 is 10.1 Å². The molecule has 0 saturated carbocycles. The lowest BCUT2D eigenvalue weighted by molar-refractivity contribution is 0.205. The van der Waals surface area contributed by atoms with Gasteiger partial charge in [0.25, 0.3) is 0 Å². The van der Waals surface area contributed by atoms with Crippen LogP contribution in [0.15, 0.2) is 30.3 Å². The van der Waals surface area contributed by atoms with Gasteiger partial charge in [0.1, 0.15) is 12.4 Å². The Labute approximate surface area is 110 Å².